The van der Waals surface area contributed by atoms with E-state index in [1.807, 2.05) is 42.5 Å². The van der Waals surface area contributed by atoms with Gasteiger partial charge in [-0.2, -0.15) is 5.10 Å². The molecule has 2 aromatic carbocycles. The van der Waals surface area contributed by atoms with Gasteiger partial charge in [-0.1, -0.05) is 24.3 Å². The Morgan fingerprint density at radius 1 is 1.04 bits per heavy atom. The van der Waals surface area contributed by atoms with Gasteiger partial charge in [-0.15, -0.1) is 0 Å². The van der Waals surface area contributed by atoms with E-state index in [-0.39, 0.29) is 0 Å². The third-order valence-corrected chi connectivity index (χ3v) is 3.88. The van der Waals surface area contributed by atoms with Gasteiger partial charge in [0.2, 0.25) is 5.95 Å². The van der Waals surface area contributed by atoms with Gasteiger partial charge in [0.1, 0.15) is 0 Å². The van der Waals surface area contributed by atoms with E-state index in [1.54, 1.807) is 6.21 Å². The average molecular weight is 318 g/mol. The van der Waals surface area contributed by atoms with Gasteiger partial charge in [0.05, 0.1) is 28.3 Å². The third kappa shape index (κ3) is 2.52. The van der Waals surface area contributed by atoms with E-state index in [4.69, 9.17) is 0 Å². The molecule has 6 heteroatoms. The first-order valence-electron chi connectivity index (χ1n) is 7.93. The molecule has 0 radical (unpaired) electrons. The molecule has 0 bridgehead atoms. The summed E-state index contributed by atoms with van der Waals surface area (Å²) in [5.74, 6) is 1.43. The largest absolute Gasteiger partial charge is 0.323 e. The van der Waals surface area contributed by atoms with Crippen molar-refractivity contribution >= 4 is 34.2 Å². The van der Waals surface area contributed by atoms with Crippen LogP contribution in [0.5, 0.6) is 0 Å². The molecule has 0 spiro atoms. The molecule has 2 aromatic heterocycles. The first-order valence-corrected chi connectivity index (χ1v) is 7.93. The summed E-state index contributed by atoms with van der Waals surface area (Å²) in [4.78, 5) is 12.3. The maximum Gasteiger partial charge on any atom is 0.222 e. The lowest BCUT2D eigenvalue weighted by atomic mass is 10.3. The van der Waals surface area contributed by atoms with Crippen molar-refractivity contribution in [3.05, 3.63) is 54.4 Å². The van der Waals surface area contributed by atoms with Gasteiger partial charge < -0.3 is 9.55 Å². The molecule has 4 rings (SSSR count). The summed E-state index contributed by atoms with van der Waals surface area (Å²) >= 11 is 0. The zero-order valence-electron chi connectivity index (χ0n) is 13.6. The van der Waals surface area contributed by atoms with Crippen molar-refractivity contribution < 1.29 is 0 Å². The van der Waals surface area contributed by atoms with Crippen LogP contribution in [0.3, 0.4) is 0 Å². The molecule has 6 nitrogen and oxygen atoms in total. The number of imidazole rings is 2. The molecule has 0 unspecified atom stereocenters. The fraction of sp³-hybridized carbons (Fsp3) is 0.167. The first-order chi connectivity index (χ1) is 11.7. The second-order valence-corrected chi connectivity index (χ2v) is 5.90. The summed E-state index contributed by atoms with van der Waals surface area (Å²) in [6.07, 6.45) is 1.73. The predicted molar refractivity (Wildman–Crippen MR) is 97.4 cm³/mol. The number of anilines is 1. The third-order valence-electron chi connectivity index (χ3n) is 3.88. The lowest BCUT2D eigenvalue weighted by molar-refractivity contribution is 0.614. The van der Waals surface area contributed by atoms with Crippen LogP contribution < -0.4 is 5.43 Å². The molecule has 0 aliphatic heterocycles. The van der Waals surface area contributed by atoms with E-state index >= 15 is 0 Å². The number of H-pyrrole nitrogens is 1. The number of aromatic nitrogens is 4. The van der Waals surface area contributed by atoms with Crippen LogP contribution in [0.4, 0.5) is 5.95 Å². The van der Waals surface area contributed by atoms with Crippen molar-refractivity contribution in [1.82, 2.24) is 19.5 Å². The summed E-state index contributed by atoms with van der Waals surface area (Å²) in [5.41, 5.74) is 6.90. The van der Waals surface area contributed by atoms with Crippen molar-refractivity contribution in [3.63, 3.8) is 0 Å². The van der Waals surface area contributed by atoms with Gasteiger partial charge in [-0.25, -0.2) is 15.4 Å². The highest BCUT2D eigenvalue weighted by atomic mass is 15.4. The maximum atomic E-state index is 4.65. The van der Waals surface area contributed by atoms with Crippen LogP contribution in [0.1, 0.15) is 25.7 Å². The molecule has 0 aliphatic rings. The Bertz CT molecular complexity index is 991. The summed E-state index contributed by atoms with van der Waals surface area (Å²) in [5, 5.41) is 4.29. The molecule has 0 atom stereocenters. The molecule has 0 saturated carbocycles. The number of nitrogens with one attached hydrogen (secondary N) is 2. The first kappa shape index (κ1) is 14.4. The number of aromatic amines is 1. The normalized spacial score (nSPS) is 12.0. The lowest BCUT2D eigenvalue weighted by Gasteiger charge is -2.10. The van der Waals surface area contributed by atoms with Crippen molar-refractivity contribution in [3.8, 4) is 0 Å². The summed E-state index contributed by atoms with van der Waals surface area (Å²) in [6.45, 7) is 4.27. The van der Waals surface area contributed by atoms with E-state index in [9.17, 15) is 0 Å². The number of hydrogen-bond acceptors (Lipinski definition) is 4. The van der Waals surface area contributed by atoms with Crippen molar-refractivity contribution in [2.45, 2.75) is 19.9 Å². The minimum Gasteiger partial charge on any atom is -0.323 e. The standard InChI is InChI=1S/C18H18N6/c1-12(2)24-16-10-6-5-9-15(16)20-17(24)11-19-23-18-21-13-7-3-4-8-14(13)22-18/h3-12H,1-2H3,(H2,21,22,23)/b19-11+. The topological polar surface area (TPSA) is 70.9 Å². The van der Waals surface area contributed by atoms with Gasteiger partial charge in [-0.05, 0) is 38.1 Å². The molecular formula is C18H18N6. The predicted octanol–water partition coefficient (Wildman–Crippen LogP) is 3.94. The van der Waals surface area contributed by atoms with Crippen molar-refractivity contribution in [1.29, 1.82) is 0 Å². The van der Waals surface area contributed by atoms with Crippen LogP contribution in [0, 0.1) is 0 Å². The highest BCUT2D eigenvalue weighted by Gasteiger charge is 2.11. The molecule has 0 aliphatic carbocycles. The molecule has 4 aromatic rings. The molecule has 0 fully saturated rings. The minimum absolute atomic E-state index is 0.296. The van der Waals surface area contributed by atoms with Crippen LogP contribution in [0.2, 0.25) is 0 Å². The van der Waals surface area contributed by atoms with Crippen molar-refractivity contribution in [2.75, 3.05) is 5.43 Å². The molecule has 0 amide bonds. The quantitative estimate of drug-likeness (QED) is 0.442. The van der Waals surface area contributed by atoms with Crippen LogP contribution in [-0.2, 0) is 0 Å². The zero-order chi connectivity index (χ0) is 16.5. The second-order valence-electron chi connectivity index (χ2n) is 5.90. The average Bonchev–Trinajstić information content (AvgIpc) is 3.14. The Kier molecular flexibility index (Phi) is 3.49. The second kappa shape index (κ2) is 5.81. The highest BCUT2D eigenvalue weighted by Crippen LogP contribution is 2.20. The Morgan fingerprint density at radius 2 is 1.79 bits per heavy atom. The molecule has 2 heterocycles. The monoisotopic (exact) mass is 318 g/mol. The number of rotatable bonds is 4. The lowest BCUT2D eigenvalue weighted by Crippen LogP contribution is -2.06. The SMILES string of the molecule is CC(C)n1c(/C=N/Nc2nc3ccccc3[nH]2)nc2ccccc21. The maximum absolute atomic E-state index is 4.65. The number of hydrogen-bond donors (Lipinski definition) is 2. The molecule has 2 N–H and O–H groups in total. The summed E-state index contributed by atoms with van der Waals surface area (Å²) in [7, 11) is 0. The molecular weight excluding hydrogens is 300 g/mol. The van der Waals surface area contributed by atoms with Crippen LogP contribution >= 0.6 is 0 Å². The number of nitrogens with zero attached hydrogens (tertiary/aromatic N) is 4. The smallest absolute Gasteiger partial charge is 0.222 e. The number of benzene rings is 2. The van der Waals surface area contributed by atoms with Gasteiger partial charge in [-0.3, -0.25) is 0 Å². The van der Waals surface area contributed by atoms with Crippen LogP contribution in [-0.4, -0.2) is 25.7 Å². The van der Waals surface area contributed by atoms with Crippen molar-refractivity contribution in [2.24, 2.45) is 5.10 Å². The number of para-hydroxylation sites is 4. The van der Waals surface area contributed by atoms with Crippen LogP contribution in [0.25, 0.3) is 22.1 Å². The minimum atomic E-state index is 0.296. The zero-order valence-corrected chi connectivity index (χ0v) is 13.6. The fourth-order valence-corrected chi connectivity index (χ4v) is 2.85. The van der Waals surface area contributed by atoms with Gasteiger partial charge in [0.25, 0.3) is 0 Å². The Morgan fingerprint density at radius 3 is 2.58 bits per heavy atom. The van der Waals surface area contributed by atoms with Gasteiger partial charge in [0.15, 0.2) is 5.82 Å². The highest BCUT2D eigenvalue weighted by molar-refractivity contribution is 5.85. The van der Waals surface area contributed by atoms with E-state index in [1.165, 1.54) is 0 Å². The van der Waals surface area contributed by atoms with Crippen LogP contribution in [0.15, 0.2) is 53.6 Å². The van der Waals surface area contributed by atoms with Gasteiger partial charge >= 0.3 is 0 Å². The van der Waals surface area contributed by atoms with E-state index in [0.29, 0.717) is 12.0 Å². The Labute approximate surface area is 139 Å². The Hall–Kier alpha value is -3.15. The number of hydrazone groups is 1. The fourth-order valence-electron chi connectivity index (χ4n) is 2.85. The Balaban J connectivity index is 1.63. The van der Waals surface area contributed by atoms with E-state index in [0.717, 1.165) is 27.9 Å². The molecule has 120 valence electrons. The van der Waals surface area contributed by atoms with E-state index in [2.05, 4.69) is 50.0 Å². The number of fused-ring (bicyclic) bond motifs is 2. The summed E-state index contributed by atoms with van der Waals surface area (Å²) in [6, 6.07) is 16.3. The van der Waals surface area contributed by atoms with E-state index < -0.39 is 0 Å². The van der Waals surface area contributed by atoms with Gasteiger partial charge in [0, 0.05) is 6.04 Å². The molecule has 0 saturated heterocycles. The summed E-state index contributed by atoms with van der Waals surface area (Å²) < 4.78 is 2.17. The molecule has 24 heavy (non-hydrogen) atoms.